The van der Waals surface area contributed by atoms with Crippen molar-refractivity contribution in [2.45, 2.75) is 27.3 Å². The third-order valence-corrected chi connectivity index (χ3v) is 3.16. The van der Waals surface area contributed by atoms with Crippen molar-refractivity contribution in [3.63, 3.8) is 0 Å². The molecule has 0 saturated heterocycles. The monoisotopic (exact) mass is 300 g/mol. The summed E-state index contributed by atoms with van der Waals surface area (Å²) in [6.45, 7) is 7.89. The van der Waals surface area contributed by atoms with Gasteiger partial charge in [0.1, 0.15) is 11.6 Å². The van der Waals surface area contributed by atoms with Gasteiger partial charge in [-0.1, -0.05) is 26.0 Å². The largest absolute Gasteiger partial charge is 0.497 e. The highest BCUT2D eigenvalue weighted by Gasteiger charge is 2.03. The lowest BCUT2D eigenvalue weighted by atomic mass is 10.2. The van der Waals surface area contributed by atoms with Crippen molar-refractivity contribution in [1.82, 2.24) is 9.97 Å². The molecule has 22 heavy (non-hydrogen) atoms. The molecule has 0 atom stereocenters. The molecule has 1 aromatic carbocycles. The number of ether oxygens (including phenoxy) is 1. The molecule has 118 valence electrons. The van der Waals surface area contributed by atoms with E-state index < -0.39 is 0 Å². The van der Waals surface area contributed by atoms with Crippen molar-refractivity contribution in [3.8, 4) is 5.75 Å². The predicted octanol–water partition coefficient (Wildman–Crippen LogP) is 3.47. The molecule has 0 aliphatic heterocycles. The minimum absolute atomic E-state index is 0.575. The van der Waals surface area contributed by atoms with Gasteiger partial charge in [-0.2, -0.15) is 4.98 Å². The smallest absolute Gasteiger partial charge is 0.225 e. The molecule has 0 bridgehead atoms. The van der Waals surface area contributed by atoms with E-state index >= 15 is 0 Å². The summed E-state index contributed by atoms with van der Waals surface area (Å²) in [7, 11) is 1.67. The van der Waals surface area contributed by atoms with E-state index in [9.17, 15) is 0 Å². The summed E-state index contributed by atoms with van der Waals surface area (Å²) in [5.74, 6) is 2.93. The van der Waals surface area contributed by atoms with E-state index in [0.717, 1.165) is 29.4 Å². The molecule has 0 aliphatic carbocycles. The number of aryl methyl sites for hydroxylation is 1. The molecular weight excluding hydrogens is 276 g/mol. The van der Waals surface area contributed by atoms with E-state index in [1.165, 1.54) is 0 Å². The number of benzene rings is 1. The van der Waals surface area contributed by atoms with Crippen molar-refractivity contribution < 1.29 is 4.74 Å². The van der Waals surface area contributed by atoms with Crippen LogP contribution in [0.3, 0.4) is 0 Å². The number of nitrogens with one attached hydrogen (secondary N) is 2. The Labute approximate surface area is 132 Å². The van der Waals surface area contributed by atoms with E-state index in [-0.39, 0.29) is 0 Å². The van der Waals surface area contributed by atoms with Gasteiger partial charge in [0.05, 0.1) is 7.11 Å². The molecule has 0 fully saturated rings. The van der Waals surface area contributed by atoms with Crippen molar-refractivity contribution in [2.24, 2.45) is 5.92 Å². The van der Waals surface area contributed by atoms with E-state index in [2.05, 4.69) is 34.4 Å². The number of aromatic nitrogens is 2. The molecule has 0 amide bonds. The molecule has 0 spiro atoms. The van der Waals surface area contributed by atoms with Crippen LogP contribution in [-0.2, 0) is 6.54 Å². The molecular formula is C17H24N4O. The van der Waals surface area contributed by atoms with Crippen LogP contribution in [-0.4, -0.2) is 23.6 Å². The van der Waals surface area contributed by atoms with Crippen molar-refractivity contribution in [3.05, 3.63) is 41.6 Å². The van der Waals surface area contributed by atoms with Crippen molar-refractivity contribution in [1.29, 1.82) is 0 Å². The highest BCUT2D eigenvalue weighted by Crippen LogP contribution is 2.14. The van der Waals surface area contributed by atoms with Crippen LogP contribution in [0.4, 0.5) is 11.8 Å². The summed E-state index contributed by atoms with van der Waals surface area (Å²) in [6, 6.07) is 9.91. The predicted molar refractivity (Wildman–Crippen MR) is 90.4 cm³/mol. The molecule has 5 nitrogen and oxygen atoms in total. The van der Waals surface area contributed by atoms with Gasteiger partial charge in [0.15, 0.2) is 0 Å². The molecule has 0 radical (unpaired) electrons. The Balaban J connectivity index is 1.99. The third kappa shape index (κ3) is 4.91. The normalized spacial score (nSPS) is 10.6. The maximum atomic E-state index is 5.16. The fraction of sp³-hybridized carbons (Fsp3) is 0.412. The third-order valence-electron chi connectivity index (χ3n) is 3.16. The van der Waals surface area contributed by atoms with Crippen LogP contribution in [0, 0.1) is 12.8 Å². The average Bonchev–Trinajstić information content (AvgIpc) is 2.51. The Bertz CT molecular complexity index is 596. The molecule has 0 aliphatic rings. The number of anilines is 2. The second-order valence-electron chi connectivity index (χ2n) is 5.69. The quantitative estimate of drug-likeness (QED) is 0.820. The van der Waals surface area contributed by atoms with Crippen LogP contribution in [0.5, 0.6) is 5.75 Å². The topological polar surface area (TPSA) is 59.1 Å². The second kappa shape index (κ2) is 7.64. The zero-order valence-corrected chi connectivity index (χ0v) is 13.7. The first kappa shape index (κ1) is 16.1. The minimum Gasteiger partial charge on any atom is -0.497 e. The molecule has 2 N–H and O–H groups in total. The van der Waals surface area contributed by atoms with Gasteiger partial charge >= 0.3 is 0 Å². The van der Waals surface area contributed by atoms with Gasteiger partial charge in [-0.05, 0) is 30.5 Å². The summed E-state index contributed by atoms with van der Waals surface area (Å²) in [4.78, 5) is 8.92. The Hall–Kier alpha value is -2.30. The standard InChI is InChI=1S/C17H24N4O/c1-12(2)10-18-16-9-13(3)20-17(21-16)19-11-14-5-7-15(22-4)8-6-14/h5-9,12H,10-11H2,1-4H3,(H2,18,19,20,21). The Morgan fingerprint density at radius 3 is 2.45 bits per heavy atom. The van der Waals surface area contributed by atoms with Crippen LogP contribution in [0.1, 0.15) is 25.1 Å². The lowest BCUT2D eigenvalue weighted by Gasteiger charge is -2.11. The van der Waals surface area contributed by atoms with E-state index in [4.69, 9.17) is 4.74 Å². The van der Waals surface area contributed by atoms with E-state index in [1.807, 2.05) is 37.3 Å². The molecule has 2 aromatic rings. The number of rotatable bonds is 7. The summed E-state index contributed by atoms with van der Waals surface area (Å²) < 4.78 is 5.16. The molecule has 5 heteroatoms. The van der Waals surface area contributed by atoms with Crippen molar-refractivity contribution >= 4 is 11.8 Å². The van der Waals surface area contributed by atoms with Gasteiger partial charge in [-0.3, -0.25) is 0 Å². The molecule has 1 heterocycles. The minimum atomic E-state index is 0.575. The number of hydrogen-bond donors (Lipinski definition) is 2. The number of nitrogens with zero attached hydrogens (tertiary/aromatic N) is 2. The molecule has 0 saturated carbocycles. The van der Waals surface area contributed by atoms with Crippen molar-refractivity contribution in [2.75, 3.05) is 24.3 Å². The van der Waals surface area contributed by atoms with Crippen LogP contribution in [0.25, 0.3) is 0 Å². The summed E-state index contributed by atoms with van der Waals surface area (Å²) in [5, 5.41) is 6.60. The van der Waals surface area contributed by atoms with Gasteiger partial charge < -0.3 is 15.4 Å². The zero-order chi connectivity index (χ0) is 15.9. The number of hydrogen-bond acceptors (Lipinski definition) is 5. The van der Waals surface area contributed by atoms with Crippen LogP contribution >= 0.6 is 0 Å². The maximum absolute atomic E-state index is 5.16. The fourth-order valence-electron chi connectivity index (χ4n) is 1.97. The zero-order valence-electron chi connectivity index (χ0n) is 13.7. The Kier molecular flexibility index (Phi) is 5.58. The molecule has 2 rings (SSSR count). The lowest BCUT2D eigenvalue weighted by molar-refractivity contribution is 0.414. The van der Waals surface area contributed by atoms with E-state index in [1.54, 1.807) is 7.11 Å². The van der Waals surface area contributed by atoms with Crippen LogP contribution in [0.15, 0.2) is 30.3 Å². The first-order valence-electron chi connectivity index (χ1n) is 7.53. The molecule has 0 unspecified atom stereocenters. The summed E-state index contributed by atoms with van der Waals surface area (Å²) in [5.41, 5.74) is 2.10. The second-order valence-corrected chi connectivity index (χ2v) is 5.69. The van der Waals surface area contributed by atoms with E-state index in [0.29, 0.717) is 18.4 Å². The highest BCUT2D eigenvalue weighted by molar-refractivity contribution is 5.42. The first-order chi connectivity index (χ1) is 10.6. The van der Waals surface area contributed by atoms with Crippen LogP contribution in [0.2, 0.25) is 0 Å². The number of methoxy groups -OCH3 is 1. The Morgan fingerprint density at radius 2 is 1.82 bits per heavy atom. The van der Waals surface area contributed by atoms with Gasteiger partial charge in [0, 0.05) is 24.8 Å². The van der Waals surface area contributed by atoms with Crippen LogP contribution < -0.4 is 15.4 Å². The highest BCUT2D eigenvalue weighted by atomic mass is 16.5. The van der Waals surface area contributed by atoms with Gasteiger partial charge in [0.25, 0.3) is 0 Å². The first-order valence-corrected chi connectivity index (χ1v) is 7.53. The average molecular weight is 300 g/mol. The summed E-state index contributed by atoms with van der Waals surface area (Å²) in [6.07, 6.45) is 0. The maximum Gasteiger partial charge on any atom is 0.225 e. The van der Waals surface area contributed by atoms with Gasteiger partial charge in [0.2, 0.25) is 5.95 Å². The Morgan fingerprint density at radius 1 is 1.09 bits per heavy atom. The lowest BCUT2D eigenvalue weighted by Crippen LogP contribution is -2.11. The summed E-state index contributed by atoms with van der Waals surface area (Å²) >= 11 is 0. The fourth-order valence-corrected chi connectivity index (χ4v) is 1.97. The molecule has 1 aromatic heterocycles. The van der Waals surface area contributed by atoms with Gasteiger partial charge in [-0.25, -0.2) is 4.98 Å². The SMILES string of the molecule is COc1ccc(CNc2nc(C)cc(NCC(C)C)n2)cc1. The van der Waals surface area contributed by atoms with Gasteiger partial charge in [-0.15, -0.1) is 0 Å².